The summed E-state index contributed by atoms with van der Waals surface area (Å²) in [6.45, 7) is 8.68. The van der Waals surface area contributed by atoms with Gasteiger partial charge in [-0.05, 0) is 47.0 Å². The topological polar surface area (TPSA) is 70.1 Å². The molecule has 1 heterocycles. The molecule has 1 N–H and O–H groups in total. The second kappa shape index (κ2) is 9.42. The van der Waals surface area contributed by atoms with Crippen molar-refractivity contribution in [3.8, 4) is 0 Å². The maximum Gasteiger partial charge on any atom is 0.410 e. The first-order valence-electron chi connectivity index (χ1n) is 8.70. The lowest BCUT2D eigenvalue weighted by Crippen LogP contribution is -2.57. The number of β-amino-alcohol motifs (C(OH)–C–C–N with tert-alkyl or cyclic N) is 1. The Bertz CT molecular complexity index is 472. The molecule has 2 amide bonds. The third-order valence-corrected chi connectivity index (χ3v) is 5.08. The van der Waals surface area contributed by atoms with E-state index in [9.17, 15) is 14.7 Å². The Labute approximate surface area is 163 Å². The van der Waals surface area contributed by atoms with Crippen LogP contribution in [-0.2, 0) is 9.53 Å². The third-order valence-electron chi connectivity index (χ3n) is 4.02. The maximum absolute atomic E-state index is 12.5. The molecule has 0 aromatic carbocycles. The summed E-state index contributed by atoms with van der Waals surface area (Å²) in [5.41, 5.74) is -1.71. The van der Waals surface area contributed by atoms with Crippen LogP contribution in [0.4, 0.5) is 4.79 Å². The largest absolute Gasteiger partial charge is 0.444 e. The highest BCUT2D eigenvalue weighted by Gasteiger charge is 2.39. The number of hydrogen-bond donors (Lipinski definition) is 1. The highest BCUT2D eigenvalue weighted by Crippen LogP contribution is 2.25. The smallest absolute Gasteiger partial charge is 0.410 e. The van der Waals surface area contributed by atoms with Crippen LogP contribution >= 0.6 is 27.5 Å². The predicted octanol–water partition coefficient (Wildman–Crippen LogP) is 2.99. The van der Waals surface area contributed by atoms with Crippen LogP contribution < -0.4 is 0 Å². The number of hydrogen-bond acceptors (Lipinski definition) is 4. The number of amides is 2. The summed E-state index contributed by atoms with van der Waals surface area (Å²) in [6.07, 6.45) is 1.30. The first kappa shape index (κ1) is 22.5. The molecule has 1 saturated heterocycles. The Kier molecular flexibility index (Phi) is 8.48. The number of alkyl halides is 2. The van der Waals surface area contributed by atoms with Crippen molar-refractivity contribution in [1.82, 2.24) is 9.80 Å². The molecule has 25 heavy (non-hydrogen) atoms. The van der Waals surface area contributed by atoms with Crippen molar-refractivity contribution in [2.75, 3.05) is 32.1 Å². The van der Waals surface area contributed by atoms with Crippen molar-refractivity contribution in [2.24, 2.45) is 0 Å². The zero-order valence-corrected chi connectivity index (χ0v) is 17.9. The van der Waals surface area contributed by atoms with Gasteiger partial charge < -0.3 is 19.6 Å². The Morgan fingerprint density at radius 2 is 2.08 bits per heavy atom. The van der Waals surface area contributed by atoms with Crippen molar-refractivity contribution in [2.45, 2.75) is 63.0 Å². The fourth-order valence-electron chi connectivity index (χ4n) is 2.84. The molecule has 0 radical (unpaired) electrons. The van der Waals surface area contributed by atoms with E-state index in [1.165, 1.54) is 4.90 Å². The van der Waals surface area contributed by atoms with Crippen LogP contribution in [-0.4, -0.2) is 75.0 Å². The molecule has 0 aliphatic carbocycles. The van der Waals surface area contributed by atoms with Gasteiger partial charge in [-0.1, -0.05) is 15.9 Å². The zero-order chi connectivity index (χ0) is 19.3. The first-order valence-corrected chi connectivity index (χ1v) is 10.2. The van der Waals surface area contributed by atoms with Gasteiger partial charge in [0.05, 0.1) is 23.5 Å². The van der Waals surface area contributed by atoms with E-state index in [1.807, 2.05) is 27.7 Å². The van der Waals surface area contributed by atoms with Crippen molar-refractivity contribution < 1.29 is 19.4 Å². The van der Waals surface area contributed by atoms with Gasteiger partial charge in [-0.3, -0.25) is 4.79 Å². The van der Waals surface area contributed by atoms with E-state index in [1.54, 1.807) is 4.90 Å². The lowest BCUT2D eigenvalue weighted by Gasteiger charge is -2.42. The second-order valence-electron chi connectivity index (χ2n) is 7.53. The zero-order valence-electron chi connectivity index (χ0n) is 15.6. The molecular formula is C17H30BrClN2O4. The van der Waals surface area contributed by atoms with Gasteiger partial charge in [-0.15, -0.1) is 11.6 Å². The summed E-state index contributed by atoms with van der Waals surface area (Å²) in [6, 6.07) is 0. The Hall–Kier alpha value is -0.530. The van der Waals surface area contributed by atoms with Gasteiger partial charge in [0.1, 0.15) is 5.60 Å². The van der Waals surface area contributed by atoms with Crippen LogP contribution in [0.2, 0.25) is 0 Å². The minimum atomic E-state index is -1.13. The first-order chi connectivity index (χ1) is 11.5. The molecule has 1 aliphatic heterocycles. The van der Waals surface area contributed by atoms with Crippen LogP contribution in [0.15, 0.2) is 0 Å². The van der Waals surface area contributed by atoms with Gasteiger partial charge in [-0.25, -0.2) is 4.79 Å². The predicted molar refractivity (Wildman–Crippen MR) is 102 cm³/mol. The number of aliphatic hydroxyl groups is 1. The van der Waals surface area contributed by atoms with E-state index in [0.29, 0.717) is 38.2 Å². The van der Waals surface area contributed by atoms with Crippen molar-refractivity contribution in [1.29, 1.82) is 0 Å². The number of nitrogens with zero attached hydrogens (tertiary/aromatic N) is 2. The maximum atomic E-state index is 12.5. The normalized spacial score (nSPS) is 22.4. The molecule has 0 aromatic rings. The minimum Gasteiger partial charge on any atom is -0.444 e. The summed E-state index contributed by atoms with van der Waals surface area (Å²) in [7, 11) is 0. The van der Waals surface area contributed by atoms with E-state index in [0.717, 1.165) is 0 Å². The summed E-state index contributed by atoms with van der Waals surface area (Å²) in [4.78, 5) is 27.5. The Morgan fingerprint density at radius 1 is 1.44 bits per heavy atom. The summed E-state index contributed by atoms with van der Waals surface area (Å²) in [5, 5.41) is 11.0. The number of rotatable bonds is 6. The molecule has 0 spiro atoms. The highest BCUT2D eigenvalue weighted by atomic mass is 79.9. The number of carbonyl (C=O) groups is 2. The van der Waals surface area contributed by atoms with E-state index in [-0.39, 0.29) is 23.8 Å². The second-order valence-corrected chi connectivity index (χ2v) is 9.01. The molecule has 1 rings (SSSR count). The minimum absolute atomic E-state index is 0.0917. The lowest BCUT2D eigenvalue weighted by molar-refractivity contribution is -0.135. The number of likely N-dealkylation sites (N-methyl/N-ethyl adjacent to an activating group) is 1. The molecular weight excluding hydrogens is 412 g/mol. The van der Waals surface area contributed by atoms with Gasteiger partial charge in [0.2, 0.25) is 5.91 Å². The summed E-state index contributed by atoms with van der Waals surface area (Å²) in [5.74, 6) is 0.293. The van der Waals surface area contributed by atoms with Crippen molar-refractivity contribution in [3.05, 3.63) is 0 Å². The van der Waals surface area contributed by atoms with Gasteiger partial charge in [0.25, 0.3) is 0 Å². The van der Waals surface area contributed by atoms with Gasteiger partial charge in [0.15, 0.2) is 0 Å². The highest BCUT2D eigenvalue weighted by molar-refractivity contribution is 9.10. The molecule has 2 atom stereocenters. The fourth-order valence-corrected chi connectivity index (χ4v) is 3.84. The van der Waals surface area contributed by atoms with Crippen LogP contribution in [0.1, 0.15) is 47.0 Å². The molecule has 6 nitrogen and oxygen atoms in total. The summed E-state index contributed by atoms with van der Waals surface area (Å²) < 4.78 is 5.39. The lowest BCUT2D eigenvalue weighted by atomic mass is 9.92. The average molecular weight is 442 g/mol. The molecule has 1 aliphatic rings. The summed E-state index contributed by atoms with van der Waals surface area (Å²) >= 11 is 9.06. The van der Waals surface area contributed by atoms with E-state index < -0.39 is 17.3 Å². The number of halogens is 2. The standard InChI is InChI=1S/C17H30BrClN2O4/c1-5-20(14(22)13(18)7-9-19)11-17(24)8-6-10-21(12-17)15(23)25-16(2,3)4/h13,24H,5-12H2,1-4H3. The van der Waals surface area contributed by atoms with Gasteiger partial charge in [-0.2, -0.15) is 0 Å². The quantitative estimate of drug-likeness (QED) is 0.643. The molecule has 0 bridgehead atoms. The van der Waals surface area contributed by atoms with Gasteiger partial charge >= 0.3 is 6.09 Å². The van der Waals surface area contributed by atoms with E-state index in [2.05, 4.69) is 15.9 Å². The number of piperidine rings is 1. The van der Waals surface area contributed by atoms with E-state index >= 15 is 0 Å². The monoisotopic (exact) mass is 440 g/mol. The Morgan fingerprint density at radius 3 is 2.60 bits per heavy atom. The molecule has 8 heteroatoms. The SMILES string of the molecule is CCN(CC1(O)CCCN(C(=O)OC(C)(C)C)C1)C(=O)C(Br)CCCl. The average Bonchev–Trinajstić information content (AvgIpc) is 2.50. The van der Waals surface area contributed by atoms with E-state index in [4.69, 9.17) is 16.3 Å². The van der Waals surface area contributed by atoms with Crippen molar-refractivity contribution >= 4 is 39.5 Å². The molecule has 0 saturated carbocycles. The third kappa shape index (κ3) is 7.31. The number of ether oxygens (including phenoxy) is 1. The molecule has 2 unspecified atom stereocenters. The Balaban J connectivity index is 2.74. The number of likely N-dealkylation sites (tertiary alicyclic amines) is 1. The molecule has 0 aromatic heterocycles. The van der Waals surface area contributed by atoms with Crippen LogP contribution in [0.25, 0.3) is 0 Å². The van der Waals surface area contributed by atoms with Crippen LogP contribution in [0, 0.1) is 0 Å². The molecule has 1 fully saturated rings. The fraction of sp³-hybridized carbons (Fsp3) is 0.882. The van der Waals surface area contributed by atoms with Crippen LogP contribution in [0.5, 0.6) is 0 Å². The van der Waals surface area contributed by atoms with Crippen LogP contribution in [0.3, 0.4) is 0 Å². The van der Waals surface area contributed by atoms with Gasteiger partial charge in [0, 0.05) is 19.0 Å². The number of carbonyl (C=O) groups excluding carboxylic acids is 2. The molecule has 146 valence electrons. The van der Waals surface area contributed by atoms with Crippen molar-refractivity contribution in [3.63, 3.8) is 0 Å².